The first-order chi connectivity index (χ1) is 10.7. The number of hydrogen-bond acceptors (Lipinski definition) is 3. The molecule has 1 fully saturated rings. The minimum absolute atomic E-state index is 0.0569. The molecule has 0 radical (unpaired) electrons. The van der Waals surface area contributed by atoms with E-state index in [2.05, 4.69) is 31.2 Å². The average Bonchev–Trinajstić information content (AvgIpc) is 2.89. The molecule has 2 rings (SSSR count). The molecule has 2 unspecified atom stereocenters. The number of urea groups is 1. The van der Waals surface area contributed by atoms with Crippen molar-refractivity contribution in [3.63, 3.8) is 0 Å². The van der Waals surface area contributed by atoms with E-state index in [1.165, 1.54) is 0 Å². The van der Waals surface area contributed by atoms with E-state index < -0.39 is 0 Å². The summed E-state index contributed by atoms with van der Waals surface area (Å²) in [5.74, 6) is 0.204. The molecule has 1 aliphatic heterocycles. The van der Waals surface area contributed by atoms with Gasteiger partial charge in [0.15, 0.2) is 0 Å². The fourth-order valence-electron chi connectivity index (χ4n) is 2.99. The van der Waals surface area contributed by atoms with Crippen LogP contribution in [0.25, 0.3) is 0 Å². The third-order valence-corrected chi connectivity index (χ3v) is 4.50. The molecular weight excluding hydrogens is 292 g/mol. The second kappa shape index (κ2) is 6.91. The Morgan fingerprint density at radius 1 is 1.52 bits per heavy atom. The maximum absolute atomic E-state index is 12.5. The summed E-state index contributed by atoms with van der Waals surface area (Å²) in [4.78, 5) is 14.3. The molecule has 2 amide bonds. The van der Waals surface area contributed by atoms with Crippen molar-refractivity contribution in [1.29, 1.82) is 0 Å². The van der Waals surface area contributed by atoms with E-state index in [0.29, 0.717) is 6.54 Å². The molecule has 0 bridgehead atoms. The molecule has 6 heteroatoms. The first-order valence-corrected chi connectivity index (χ1v) is 8.45. The molecule has 0 saturated carbocycles. The molecule has 1 aromatic rings. The van der Waals surface area contributed by atoms with Gasteiger partial charge in [-0.3, -0.25) is 4.68 Å². The van der Waals surface area contributed by atoms with Crippen molar-refractivity contribution in [3.05, 3.63) is 17.5 Å². The maximum Gasteiger partial charge on any atom is 0.317 e. The van der Waals surface area contributed by atoms with Crippen LogP contribution in [0.2, 0.25) is 0 Å². The molecule has 0 aromatic carbocycles. The van der Waals surface area contributed by atoms with E-state index in [1.54, 1.807) is 0 Å². The lowest BCUT2D eigenvalue weighted by atomic mass is 9.99. The molecule has 0 aliphatic carbocycles. The van der Waals surface area contributed by atoms with Gasteiger partial charge in [0.05, 0.1) is 17.3 Å². The third kappa shape index (κ3) is 4.25. The number of aromatic nitrogens is 2. The van der Waals surface area contributed by atoms with Gasteiger partial charge in [0.1, 0.15) is 0 Å². The lowest BCUT2D eigenvalue weighted by Gasteiger charge is -2.32. The third-order valence-electron chi connectivity index (χ3n) is 4.50. The molecule has 130 valence electrons. The highest BCUT2D eigenvalue weighted by Crippen LogP contribution is 2.22. The van der Waals surface area contributed by atoms with Crippen molar-refractivity contribution in [2.75, 3.05) is 19.7 Å². The molecule has 1 aliphatic rings. The van der Waals surface area contributed by atoms with Gasteiger partial charge < -0.3 is 15.3 Å². The molecular formula is C17H30N4O2. The van der Waals surface area contributed by atoms with Gasteiger partial charge in [0, 0.05) is 31.5 Å². The van der Waals surface area contributed by atoms with E-state index in [4.69, 9.17) is 0 Å². The van der Waals surface area contributed by atoms with Gasteiger partial charge >= 0.3 is 6.03 Å². The normalized spacial score (nSPS) is 20.4. The number of carbonyl (C=O) groups excluding carboxylic acids is 1. The Balaban J connectivity index is 2.02. The van der Waals surface area contributed by atoms with Gasteiger partial charge in [0.2, 0.25) is 0 Å². The van der Waals surface area contributed by atoms with Gasteiger partial charge in [-0.1, -0.05) is 0 Å². The molecule has 6 nitrogen and oxygen atoms in total. The summed E-state index contributed by atoms with van der Waals surface area (Å²) in [6, 6.07) is -0.147. The maximum atomic E-state index is 12.5. The van der Waals surface area contributed by atoms with Crippen molar-refractivity contribution in [2.45, 2.75) is 59.0 Å². The number of nitrogens with one attached hydrogen (secondary N) is 1. The number of aryl methyl sites for hydroxylation is 1. The highest BCUT2D eigenvalue weighted by atomic mass is 16.3. The van der Waals surface area contributed by atoms with Crippen molar-refractivity contribution in [1.82, 2.24) is 20.0 Å². The summed E-state index contributed by atoms with van der Waals surface area (Å²) in [6.45, 7) is 11.8. The van der Waals surface area contributed by atoms with Crippen LogP contribution in [0.15, 0.2) is 6.20 Å². The monoisotopic (exact) mass is 322 g/mol. The van der Waals surface area contributed by atoms with Crippen LogP contribution >= 0.6 is 0 Å². The van der Waals surface area contributed by atoms with Crippen molar-refractivity contribution in [3.8, 4) is 0 Å². The van der Waals surface area contributed by atoms with Crippen molar-refractivity contribution in [2.24, 2.45) is 5.92 Å². The second-order valence-electron chi connectivity index (χ2n) is 7.59. The summed E-state index contributed by atoms with van der Waals surface area (Å²) in [5, 5.41) is 16.9. The Hall–Kier alpha value is -1.56. The van der Waals surface area contributed by atoms with Crippen LogP contribution in [0.5, 0.6) is 0 Å². The number of hydrogen-bond donors (Lipinski definition) is 2. The Labute approximate surface area is 138 Å². The van der Waals surface area contributed by atoms with Gasteiger partial charge in [-0.15, -0.1) is 0 Å². The predicted molar refractivity (Wildman–Crippen MR) is 90.3 cm³/mol. The SMILES string of the molecule is Cc1nn(C(C)(C)C)cc1C(C)NC(=O)N1CCCC(CO)C1. The van der Waals surface area contributed by atoms with Crippen LogP contribution in [0, 0.1) is 12.8 Å². The number of aliphatic hydroxyl groups excluding tert-OH is 1. The minimum atomic E-state index is -0.0897. The lowest BCUT2D eigenvalue weighted by Crippen LogP contribution is -2.46. The minimum Gasteiger partial charge on any atom is -0.396 e. The quantitative estimate of drug-likeness (QED) is 0.898. The molecule has 2 N–H and O–H groups in total. The van der Waals surface area contributed by atoms with Crippen LogP contribution in [-0.2, 0) is 5.54 Å². The van der Waals surface area contributed by atoms with Crippen LogP contribution in [0.3, 0.4) is 0 Å². The van der Waals surface area contributed by atoms with Crippen LogP contribution < -0.4 is 5.32 Å². The second-order valence-corrected chi connectivity index (χ2v) is 7.59. The van der Waals surface area contributed by atoms with E-state index in [0.717, 1.165) is 30.6 Å². The summed E-state index contributed by atoms with van der Waals surface area (Å²) in [5.41, 5.74) is 1.91. The van der Waals surface area contributed by atoms with Crippen LogP contribution in [-0.4, -0.2) is 45.5 Å². The predicted octanol–water partition coefficient (Wildman–Crippen LogP) is 2.42. The van der Waals surface area contributed by atoms with E-state index >= 15 is 0 Å². The molecule has 1 saturated heterocycles. The lowest BCUT2D eigenvalue weighted by molar-refractivity contribution is 0.128. The van der Waals surface area contributed by atoms with E-state index in [1.807, 2.05) is 29.6 Å². The van der Waals surface area contributed by atoms with Crippen molar-refractivity contribution < 1.29 is 9.90 Å². The number of piperidine rings is 1. The summed E-state index contributed by atoms with van der Waals surface area (Å²) in [6.07, 6.45) is 3.97. The topological polar surface area (TPSA) is 70.4 Å². The summed E-state index contributed by atoms with van der Waals surface area (Å²) >= 11 is 0. The van der Waals surface area contributed by atoms with Gasteiger partial charge in [-0.05, 0) is 53.4 Å². The molecule has 1 aromatic heterocycles. The van der Waals surface area contributed by atoms with Crippen molar-refractivity contribution >= 4 is 6.03 Å². The highest BCUT2D eigenvalue weighted by Gasteiger charge is 2.25. The zero-order chi connectivity index (χ0) is 17.2. The Morgan fingerprint density at radius 2 is 2.22 bits per heavy atom. The van der Waals surface area contributed by atoms with Gasteiger partial charge in [0.25, 0.3) is 0 Å². The summed E-state index contributed by atoms with van der Waals surface area (Å²) < 4.78 is 1.95. The first-order valence-electron chi connectivity index (χ1n) is 8.45. The molecule has 23 heavy (non-hydrogen) atoms. The first kappa shape index (κ1) is 17.8. The summed E-state index contributed by atoms with van der Waals surface area (Å²) in [7, 11) is 0. The largest absolute Gasteiger partial charge is 0.396 e. The number of nitrogens with zero attached hydrogens (tertiary/aromatic N) is 3. The Kier molecular flexibility index (Phi) is 5.34. The Bertz CT molecular complexity index is 547. The zero-order valence-corrected chi connectivity index (χ0v) is 15.0. The fourth-order valence-corrected chi connectivity index (χ4v) is 2.99. The van der Waals surface area contributed by atoms with Crippen LogP contribution in [0.4, 0.5) is 4.79 Å². The van der Waals surface area contributed by atoms with E-state index in [-0.39, 0.29) is 30.1 Å². The molecule has 0 spiro atoms. The molecule has 2 heterocycles. The standard InChI is InChI=1S/C17H30N4O2/c1-12(15-10-21(17(3,4)5)19-13(15)2)18-16(23)20-8-6-7-14(9-20)11-22/h10,12,14,22H,6-9,11H2,1-5H3,(H,18,23). The number of carbonyl (C=O) groups is 1. The smallest absolute Gasteiger partial charge is 0.317 e. The molecule has 2 atom stereocenters. The number of likely N-dealkylation sites (tertiary alicyclic amines) is 1. The number of amides is 2. The van der Waals surface area contributed by atoms with Gasteiger partial charge in [-0.2, -0.15) is 5.10 Å². The highest BCUT2D eigenvalue weighted by molar-refractivity contribution is 5.74. The Morgan fingerprint density at radius 3 is 2.78 bits per heavy atom. The van der Waals surface area contributed by atoms with Gasteiger partial charge in [-0.25, -0.2) is 4.79 Å². The van der Waals surface area contributed by atoms with E-state index in [9.17, 15) is 9.90 Å². The number of aliphatic hydroxyl groups is 1. The number of rotatable bonds is 3. The average molecular weight is 322 g/mol. The zero-order valence-electron chi connectivity index (χ0n) is 15.0. The van der Waals surface area contributed by atoms with Crippen LogP contribution in [0.1, 0.15) is 57.8 Å². The fraction of sp³-hybridized carbons (Fsp3) is 0.765.